The number of ether oxygens (including phenoxy) is 3. The number of hydrogen-bond donors (Lipinski definition) is 1. The number of benzene rings is 3. The number of methoxy groups -OCH3 is 2. The van der Waals surface area contributed by atoms with Crippen LogP contribution >= 0.6 is 11.3 Å². The molecular formula is C29H26N2O6S. The number of aromatic nitrogens is 1. The molecule has 9 heteroatoms. The van der Waals surface area contributed by atoms with Gasteiger partial charge in [0.25, 0.3) is 5.78 Å². The molecule has 1 N–H and O–H groups in total. The molecule has 1 aliphatic heterocycles. The summed E-state index contributed by atoms with van der Waals surface area (Å²) in [5, 5.41) is 11.7. The van der Waals surface area contributed by atoms with Crippen LogP contribution < -0.4 is 19.1 Å². The van der Waals surface area contributed by atoms with Crippen molar-refractivity contribution in [3.05, 3.63) is 82.9 Å². The first kappa shape index (κ1) is 25.3. The molecule has 2 heterocycles. The van der Waals surface area contributed by atoms with E-state index in [9.17, 15) is 14.7 Å². The van der Waals surface area contributed by atoms with E-state index < -0.39 is 17.7 Å². The maximum atomic E-state index is 13.5. The lowest BCUT2D eigenvalue weighted by molar-refractivity contribution is -0.132. The fraction of sp³-hybridized carbons (Fsp3) is 0.207. The van der Waals surface area contributed by atoms with Crippen molar-refractivity contribution in [2.24, 2.45) is 0 Å². The molecule has 0 radical (unpaired) electrons. The van der Waals surface area contributed by atoms with E-state index in [4.69, 9.17) is 14.2 Å². The second kappa shape index (κ2) is 10.2. The zero-order valence-electron chi connectivity index (χ0n) is 21.3. The van der Waals surface area contributed by atoms with Crippen LogP contribution in [-0.4, -0.2) is 42.6 Å². The maximum absolute atomic E-state index is 13.5. The van der Waals surface area contributed by atoms with Gasteiger partial charge < -0.3 is 19.3 Å². The number of amides is 1. The monoisotopic (exact) mass is 530 g/mol. The van der Waals surface area contributed by atoms with Gasteiger partial charge in [-0.3, -0.25) is 14.5 Å². The first-order valence-corrected chi connectivity index (χ1v) is 12.8. The molecule has 1 atom stereocenters. The van der Waals surface area contributed by atoms with Crippen LogP contribution in [0.4, 0.5) is 5.13 Å². The van der Waals surface area contributed by atoms with Crippen molar-refractivity contribution in [1.29, 1.82) is 0 Å². The zero-order valence-corrected chi connectivity index (χ0v) is 22.2. The second-order valence-corrected chi connectivity index (χ2v) is 9.72. The molecule has 1 aromatic heterocycles. The molecule has 1 saturated heterocycles. The third kappa shape index (κ3) is 4.35. The van der Waals surface area contributed by atoms with Gasteiger partial charge in [0, 0.05) is 5.56 Å². The van der Waals surface area contributed by atoms with Crippen molar-refractivity contribution < 1.29 is 28.9 Å². The Labute approximate surface area is 223 Å². The molecule has 8 nitrogen and oxygen atoms in total. The highest BCUT2D eigenvalue weighted by Gasteiger charge is 2.48. The van der Waals surface area contributed by atoms with Crippen LogP contribution in [0.25, 0.3) is 16.0 Å². The standard InChI is InChI=1S/C29H26N2O6S/c1-5-37-21-13-10-18(14-22(21)36-4)25-24(26(32)17-8-6-16(2)7-9-17)27(33)28(34)31(25)29-30-20-12-11-19(35-3)15-23(20)38-29/h6-15,25,32H,5H2,1-4H3. The number of fused-ring (bicyclic) bond motifs is 1. The average molecular weight is 531 g/mol. The lowest BCUT2D eigenvalue weighted by Crippen LogP contribution is -2.29. The highest BCUT2D eigenvalue weighted by Crippen LogP contribution is 2.46. The fourth-order valence-corrected chi connectivity index (χ4v) is 5.48. The van der Waals surface area contributed by atoms with E-state index in [0.29, 0.717) is 45.6 Å². The van der Waals surface area contributed by atoms with Crippen LogP contribution in [-0.2, 0) is 9.59 Å². The van der Waals surface area contributed by atoms with Crippen LogP contribution in [0.1, 0.15) is 29.7 Å². The molecule has 1 aliphatic rings. The van der Waals surface area contributed by atoms with Crippen molar-refractivity contribution in [2.45, 2.75) is 19.9 Å². The van der Waals surface area contributed by atoms with Crippen molar-refractivity contribution in [3.63, 3.8) is 0 Å². The number of nitrogens with zero attached hydrogens (tertiary/aromatic N) is 2. The predicted octanol–water partition coefficient (Wildman–Crippen LogP) is 5.65. The van der Waals surface area contributed by atoms with Crippen molar-refractivity contribution in [1.82, 2.24) is 4.98 Å². The molecule has 0 saturated carbocycles. The first-order valence-electron chi connectivity index (χ1n) is 12.0. The Bertz CT molecular complexity index is 1570. The summed E-state index contributed by atoms with van der Waals surface area (Å²) in [7, 11) is 3.10. The number of carbonyl (C=O) groups is 2. The topological polar surface area (TPSA) is 98.2 Å². The van der Waals surface area contributed by atoms with Crippen LogP contribution in [0.15, 0.2) is 66.2 Å². The minimum absolute atomic E-state index is 0.0260. The van der Waals surface area contributed by atoms with Crippen LogP contribution in [0.5, 0.6) is 17.2 Å². The number of thiazole rings is 1. The van der Waals surface area contributed by atoms with Gasteiger partial charge in [0.1, 0.15) is 11.5 Å². The predicted molar refractivity (Wildman–Crippen MR) is 146 cm³/mol. The van der Waals surface area contributed by atoms with E-state index in [2.05, 4.69) is 4.98 Å². The van der Waals surface area contributed by atoms with Gasteiger partial charge in [-0.1, -0.05) is 47.2 Å². The molecule has 0 spiro atoms. The van der Waals surface area contributed by atoms with Gasteiger partial charge in [-0.05, 0) is 49.7 Å². The van der Waals surface area contributed by atoms with Gasteiger partial charge in [-0.25, -0.2) is 4.98 Å². The Balaban J connectivity index is 1.72. The molecule has 4 aromatic rings. The number of hydrogen-bond acceptors (Lipinski definition) is 8. The molecule has 1 unspecified atom stereocenters. The first-order chi connectivity index (χ1) is 18.4. The number of carbonyl (C=O) groups excluding carboxylic acids is 2. The Morgan fingerprint density at radius 2 is 1.76 bits per heavy atom. The Kier molecular flexibility index (Phi) is 6.77. The number of aliphatic hydroxyl groups is 1. The van der Waals surface area contributed by atoms with Gasteiger partial charge >= 0.3 is 5.91 Å². The fourth-order valence-electron chi connectivity index (χ4n) is 4.46. The summed E-state index contributed by atoms with van der Waals surface area (Å²) in [6, 6.07) is 16.8. The SMILES string of the molecule is CCOc1ccc(C2C(=C(O)c3ccc(C)cc3)C(=O)C(=O)N2c2nc3ccc(OC)cc3s2)cc1OC. The molecule has 194 valence electrons. The summed E-state index contributed by atoms with van der Waals surface area (Å²) in [5.74, 6) is -0.200. The van der Waals surface area contributed by atoms with Crippen molar-refractivity contribution in [2.75, 3.05) is 25.7 Å². The summed E-state index contributed by atoms with van der Waals surface area (Å²) in [6.07, 6.45) is 0. The minimum atomic E-state index is -0.941. The number of rotatable bonds is 7. The zero-order chi connectivity index (χ0) is 27.0. The summed E-state index contributed by atoms with van der Waals surface area (Å²) in [5.41, 5.74) is 2.64. The van der Waals surface area contributed by atoms with Gasteiger partial charge in [0.2, 0.25) is 0 Å². The molecule has 38 heavy (non-hydrogen) atoms. The summed E-state index contributed by atoms with van der Waals surface area (Å²) >= 11 is 1.26. The van der Waals surface area contributed by atoms with Gasteiger partial charge in [0.15, 0.2) is 16.6 Å². The lowest BCUT2D eigenvalue weighted by Gasteiger charge is -2.24. The maximum Gasteiger partial charge on any atom is 0.301 e. The van der Waals surface area contributed by atoms with E-state index in [1.807, 2.05) is 32.0 Å². The number of aliphatic hydroxyl groups excluding tert-OH is 1. The van der Waals surface area contributed by atoms with Gasteiger partial charge in [0.05, 0.1) is 42.7 Å². The lowest BCUT2D eigenvalue weighted by atomic mass is 9.95. The normalized spacial score (nSPS) is 16.7. The van der Waals surface area contributed by atoms with Crippen LogP contribution in [0.3, 0.4) is 0 Å². The molecule has 5 rings (SSSR count). The number of ketones is 1. The minimum Gasteiger partial charge on any atom is -0.507 e. The molecular weight excluding hydrogens is 504 g/mol. The van der Waals surface area contributed by atoms with E-state index in [1.165, 1.54) is 23.3 Å². The van der Waals surface area contributed by atoms with E-state index in [0.717, 1.165) is 10.3 Å². The highest BCUT2D eigenvalue weighted by molar-refractivity contribution is 7.22. The smallest absolute Gasteiger partial charge is 0.301 e. The third-order valence-corrected chi connectivity index (χ3v) is 7.38. The Hall–Kier alpha value is -4.37. The Morgan fingerprint density at radius 3 is 2.45 bits per heavy atom. The molecule has 0 bridgehead atoms. The molecule has 3 aromatic carbocycles. The van der Waals surface area contributed by atoms with Gasteiger partial charge in [-0.15, -0.1) is 0 Å². The van der Waals surface area contributed by atoms with E-state index in [1.54, 1.807) is 49.6 Å². The second-order valence-electron chi connectivity index (χ2n) is 8.71. The number of aryl methyl sites for hydroxylation is 1. The number of anilines is 1. The summed E-state index contributed by atoms with van der Waals surface area (Å²) < 4.78 is 17.3. The van der Waals surface area contributed by atoms with Gasteiger partial charge in [-0.2, -0.15) is 0 Å². The molecule has 0 aliphatic carbocycles. The highest BCUT2D eigenvalue weighted by atomic mass is 32.1. The van der Waals surface area contributed by atoms with Crippen molar-refractivity contribution in [3.8, 4) is 17.2 Å². The van der Waals surface area contributed by atoms with Crippen molar-refractivity contribution >= 4 is 44.1 Å². The average Bonchev–Trinajstić information content (AvgIpc) is 3.46. The van der Waals surface area contributed by atoms with Crippen LogP contribution in [0.2, 0.25) is 0 Å². The van der Waals surface area contributed by atoms with Crippen LogP contribution in [0, 0.1) is 6.92 Å². The third-order valence-electron chi connectivity index (χ3n) is 6.36. The van der Waals surface area contributed by atoms with E-state index >= 15 is 0 Å². The summed E-state index contributed by atoms with van der Waals surface area (Å²) in [6.45, 7) is 4.24. The quantitative estimate of drug-likeness (QED) is 0.187. The Morgan fingerprint density at radius 1 is 1.00 bits per heavy atom. The van der Waals surface area contributed by atoms with E-state index in [-0.39, 0.29) is 11.3 Å². The largest absolute Gasteiger partial charge is 0.507 e. The summed E-state index contributed by atoms with van der Waals surface area (Å²) in [4.78, 5) is 33.0. The molecule has 1 fully saturated rings. The number of Topliss-reactive ketones (excluding diaryl/α,β-unsaturated/α-hetero) is 1. The molecule has 1 amide bonds.